The van der Waals surface area contributed by atoms with Gasteiger partial charge in [-0.3, -0.25) is 4.79 Å². The monoisotopic (exact) mass is 255 g/mol. The van der Waals surface area contributed by atoms with Crippen LogP contribution < -0.4 is 5.73 Å². The molecule has 1 aromatic carbocycles. The van der Waals surface area contributed by atoms with Crippen LogP contribution in [0.5, 0.6) is 0 Å². The summed E-state index contributed by atoms with van der Waals surface area (Å²) in [5.74, 6) is -0.287. The number of para-hydroxylation sites is 1. The summed E-state index contributed by atoms with van der Waals surface area (Å²) in [4.78, 5) is 11.3. The van der Waals surface area contributed by atoms with E-state index in [1.165, 1.54) is 11.8 Å². The molecular formula is C12H17NO3S. The topological polar surface area (TPSA) is 83.5 Å². The number of aliphatic hydroxyl groups excluding tert-OH is 1. The Balaban J connectivity index is 2.26. The van der Waals surface area contributed by atoms with Gasteiger partial charge in [-0.15, -0.1) is 11.8 Å². The van der Waals surface area contributed by atoms with E-state index in [9.17, 15) is 9.90 Å². The first-order valence-electron chi connectivity index (χ1n) is 5.46. The lowest BCUT2D eigenvalue weighted by Gasteiger charge is -2.10. The van der Waals surface area contributed by atoms with E-state index in [0.29, 0.717) is 24.3 Å². The molecule has 1 unspecified atom stereocenters. The molecule has 5 heteroatoms. The zero-order chi connectivity index (χ0) is 12.7. The fraction of sp³-hybridized carbons (Fsp3) is 0.417. The predicted molar refractivity (Wildman–Crippen MR) is 69.1 cm³/mol. The minimum atomic E-state index is -0.822. The van der Waals surface area contributed by atoms with Crippen molar-refractivity contribution in [1.82, 2.24) is 0 Å². The van der Waals surface area contributed by atoms with Crippen LogP contribution in [0.15, 0.2) is 29.2 Å². The molecule has 0 aliphatic carbocycles. The van der Waals surface area contributed by atoms with Crippen molar-refractivity contribution in [2.45, 2.75) is 30.3 Å². The van der Waals surface area contributed by atoms with Gasteiger partial charge < -0.3 is 15.9 Å². The van der Waals surface area contributed by atoms with E-state index < -0.39 is 12.1 Å². The van der Waals surface area contributed by atoms with Crippen LogP contribution in [0, 0.1) is 0 Å². The molecule has 1 atom stereocenters. The maximum absolute atomic E-state index is 10.3. The molecule has 0 aromatic heterocycles. The first-order chi connectivity index (χ1) is 8.09. The van der Waals surface area contributed by atoms with Gasteiger partial charge in [0.25, 0.3) is 0 Å². The molecule has 4 nitrogen and oxygen atoms in total. The average molecular weight is 255 g/mol. The van der Waals surface area contributed by atoms with Crippen molar-refractivity contribution in [2.24, 2.45) is 0 Å². The molecule has 4 N–H and O–H groups in total. The Morgan fingerprint density at radius 3 is 2.76 bits per heavy atom. The van der Waals surface area contributed by atoms with Crippen LogP contribution in [-0.4, -0.2) is 28.0 Å². The molecule has 1 rings (SSSR count). The van der Waals surface area contributed by atoms with E-state index in [1.807, 2.05) is 24.3 Å². The zero-order valence-corrected chi connectivity index (χ0v) is 10.3. The van der Waals surface area contributed by atoms with Gasteiger partial charge in [0.1, 0.15) is 0 Å². The summed E-state index contributed by atoms with van der Waals surface area (Å²) >= 11 is 1.49. The molecule has 0 heterocycles. The lowest BCUT2D eigenvalue weighted by atomic mass is 10.2. The van der Waals surface area contributed by atoms with E-state index in [-0.39, 0.29) is 6.42 Å². The van der Waals surface area contributed by atoms with Crippen molar-refractivity contribution >= 4 is 23.4 Å². The number of aliphatic carboxylic acids is 1. The molecule has 0 saturated heterocycles. The Morgan fingerprint density at radius 1 is 1.41 bits per heavy atom. The number of anilines is 1. The summed E-state index contributed by atoms with van der Waals surface area (Å²) in [5.41, 5.74) is 6.47. The quantitative estimate of drug-likeness (QED) is 0.512. The van der Waals surface area contributed by atoms with Gasteiger partial charge in [-0.1, -0.05) is 12.1 Å². The summed E-state index contributed by atoms with van der Waals surface area (Å²) in [7, 11) is 0. The Labute approximate surface area is 105 Å². The highest BCUT2D eigenvalue weighted by atomic mass is 32.2. The minimum Gasteiger partial charge on any atom is -0.481 e. The normalized spacial score (nSPS) is 12.3. The first kappa shape index (κ1) is 13.9. The molecular weight excluding hydrogens is 238 g/mol. The molecule has 1 aromatic rings. The smallest absolute Gasteiger partial charge is 0.303 e. The van der Waals surface area contributed by atoms with E-state index >= 15 is 0 Å². The van der Waals surface area contributed by atoms with Gasteiger partial charge in [0.2, 0.25) is 0 Å². The second-order valence-electron chi connectivity index (χ2n) is 3.79. The number of hydrogen-bond donors (Lipinski definition) is 3. The second-order valence-corrected chi connectivity index (χ2v) is 4.85. The second kappa shape index (κ2) is 7.19. The van der Waals surface area contributed by atoms with Crippen molar-refractivity contribution < 1.29 is 15.0 Å². The number of aliphatic hydroxyl groups is 1. The lowest BCUT2D eigenvalue weighted by Crippen LogP contribution is -2.10. The van der Waals surface area contributed by atoms with Gasteiger partial charge >= 0.3 is 5.97 Å². The van der Waals surface area contributed by atoms with Crippen LogP contribution in [0.25, 0.3) is 0 Å². The van der Waals surface area contributed by atoms with E-state index in [2.05, 4.69) is 0 Å². The van der Waals surface area contributed by atoms with Gasteiger partial charge in [-0.25, -0.2) is 0 Å². The highest BCUT2D eigenvalue weighted by Crippen LogP contribution is 2.25. The Hall–Kier alpha value is -1.20. The summed E-state index contributed by atoms with van der Waals surface area (Å²) in [6, 6.07) is 7.49. The maximum Gasteiger partial charge on any atom is 0.303 e. The molecule has 0 aliphatic heterocycles. The largest absolute Gasteiger partial charge is 0.481 e. The van der Waals surface area contributed by atoms with Gasteiger partial charge in [0.05, 0.1) is 6.10 Å². The van der Waals surface area contributed by atoms with Crippen LogP contribution in [0.4, 0.5) is 5.69 Å². The van der Waals surface area contributed by atoms with Gasteiger partial charge in [0, 0.05) is 22.8 Å². The van der Waals surface area contributed by atoms with Crippen molar-refractivity contribution in [3.63, 3.8) is 0 Å². The van der Waals surface area contributed by atoms with Crippen molar-refractivity contribution in [3.05, 3.63) is 24.3 Å². The molecule has 0 spiro atoms. The number of rotatable bonds is 7. The highest BCUT2D eigenvalue weighted by molar-refractivity contribution is 7.99. The fourth-order valence-electron chi connectivity index (χ4n) is 1.37. The number of carboxylic acids is 1. The molecule has 0 radical (unpaired) electrons. The Kier molecular flexibility index (Phi) is 5.86. The zero-order valence-electron chi connectivity index (χ0n) is 9.50. The van der Waals surface area contributed by atoms with Crippen LogP contribution >= 0.6 is 11.8 Å². The van der Waals surface area contributed by atoms with Crippen molar-refractivity contribution in [1.29, 1.82) is 0 Å². The maximum atomic E-state index is 10.3. The number of nitrogen functional groups attached to an aromatic ring is 1. The third kappa shape index (κ3) is 5.60. The number of carboxylic acid groups (broad SMARTS) is 1. The number of nitrogens with two attached hydrogens (primary N) is 1. The van der Waals surface area contributed by atoms with Gasteiger partial charge in [-0.05, 0) is 25.0 Å². The van der Waals surface area contributed by atoms with Crippen LogP contribution in [-0.2, 0) is 4.79 Å². The minimum absolute atomic E-state index is 0.106. The third-order valence-electron chi connectivity index (χ3n) is 2.28. The molecule has 0 amide bonds. The van der Waals surface area contributed by atoms with Crippen LogP contribution in [0.3, 0.4) is 0 Å². The highest BCUT2D eigenvalue weighted by Gasteiger charge is 2.07. The van der Waals surface area contributed by atoms with E-state index in [1.54, 1.807) is 0 Å². The molecule has 0 bridgehead atoms. The molecule has 94 valence electrons. The van der Waals surface area contributed by atoms with Crippen molar-refractivity contribution in [2.75, 3.05) is 11.5 Å². The van der Waals surface area contributed by atoms with E-state index in [4.69, 9.17) is 10.8 Å². The Bertz CT molecular complexity index is 371. The summed E-state index contributed by atoms with van der Waals surface area (Å²) < 4.78 is 0. The van der Waals surface area contributed by atoms with Crippen LogP contribution in [0.1, 0.15) is 19.3 Å². The number of hydrogen-bond acceptors (Lipinski definition) is 4. The van der Waals surface area contributed by atoms with Gasteiger partial charge in [-0.2, -0.15) is 0 Å². The lowest BCUT2D eigenvalue weighted by molar-refractivity contribution is -0.137. The standard InChI is InChI=1S/C12H17NO3S/c13-10-5-1-2-6-11(10)17-8-9(14)4-3-7-12(15)16/h1-2,5-6,9,14H,3-4,7-8,13H2,(H,15,16). The Morgan fingerprint density at radius 2 is 2.12 bits per heavy atom. The van der Waals surface area contributed by atoms with Gasteiger partial charge in [0.15, 0.2) is 0 Å². The predicted octanol–water partition coefficient (Wildman–Crippen LogP) is 1.98. The van der Waals surface area contributed by atoms with Crippen LogP contribution in [0.2, 0.25) is 0 Å². The third-order valence-corrected chi connectivity index (χ3v) is 3.51. The van der Waals surface area contributed by atoms with Crippen molar-refractivity contribution in [3.8, 4) is 0 Å². The summed E-state index contributed by atoms with van der Waals surface area (Å²) in [5, 5.41) is 18.1. The summed E-state index contributed by atoms with van der Waals surface area (Å²) in [6.07, 6.45) is 0.627. The molecule has 0 fully saturated rings. The number of carbonyl (C=O) groups is 1. The molecule has 17 heavy (non-hydrogen) atoms. The fourth-order valence-corrected chi connectivity index (χ4v) is 2.32. The number of thioether (sulfide) groups is 1. The number of benzene rings is 1. The average Bonchev–Trinajstić information content (AvgIpc) is 2.27. The summed E-state index contributed by atoms with van der Waals surface area (Å²) in [6.45, 7) is 0. The van der Waals surface area contributed by atoms with E-state index in [0.717, 1.165) is 4.90 Å². The first-order valence-corrected chi connectivity index (χ1v) is 6.45. The SMILES string of the molecule is Nc1ccccc1SCC(O)CCCC(=O)O. The molecule has 0 saturated carbocycles. The molecule has 0 aliphatic rings.